The molecular weight excluding hydrogens is 467 g/mol. The fraction of sp³-hybridized carbons (Fsp3) is 0.0435. The molecule has 1 amide bonds. The average Bonchev–Trinajstić information content (AvgIpc) is 3.04. The van der Waals surface area contributed by atoms with E-state index in [1.807, 2.05) is 31.2 Å². The van der Waals surface area contributed by atoms with Crippen LogP contribution in [0.4, 0.5) is 15.8 Å². The normalized spacial score (nSPS) is 14.9. The molecule has 1 saturated heterocycles. The Morgan fingerprint density at radius 1 is 1.12 bits per heavy atom. The summed E-state index contributed by atoms with van der Waals surface area (Å²) in [4.78, 5) is 26.9. The number of carbonyl (C=O) groups is 1. The van der Waals surface area contributed by atoms with E-state index in [4.69, 9.17) is 12.2 Å². The number of halogens is 1. The van der Waals surface area contributed by atoms with Gasteiger partial charge in [0.2, 0.25) is 0 Å². The van der Waals surface area contributed by atoms with Crippen LogP contribution in [0.3, 0.4) is 0 Å². The highest BCUT2D eigenvalue weighted by Gasteiger charge is 2.34. The molecule has 1 fully saturated rings. The number of para-hydroxylation sites is 1. The number of benzene rings is 3. The summed E-state index contributed by atoms with van der Waals surface area (Å²) in [6.45, 7) is 1.97. The number of amides is 1. The van der Waals surface area contributed by atoms with Gasteiger partial charge in [-0.1, -0.05) is 71.6 Å². The Labute approximate surface area is 197 Å². The summed E-state index contributed by atoms with van der Waals surface area (Å²) in [6, 6.07) is 18.4. The van der Waals surface area contributed by atoms with Crippen LogP contribution in [-0.2, 0) is 4.79 Å². The summed E-state index contributed by atoms with van der Waals surface area (Å²) in [7, 11) is 0. The number of aryl methyl sites for hydroxylation is 1. The van der Waals surface area contributed by atoms with Crippen LogP contribution in [-0.4, -0.2) is 15.2 Å². The average molecular weight is 483 g/mol. The van der Waals surface area contributed by atoms with Crippen molar-refractivity contribution in [3.63, 3.8) is 0 Å². The van der Waals surface area contributed by atoms with Crippen LogP contribution in [0.15, 0.2) is 81.4 Å². The largest absolute Gasteiger partial charge is 0.283 e. The van der Waals surface area contributed by atoms with Crippen molar-refractivity contribution in [2.75, 3.05) is 4.90 Å². The fourth-order valence-corrected chi connectivity index (χ4v) is 5.23. The maximum absolute atomic E-state index is 14.2. The van der Waals surface area contributed by atoms with Crippen LogP contribution in [0, 0.1) is 22.9 Å². The second-order valence-electron chi connectivity index (χ2n) is 6.87. The molecule has 9 heteroatoms. The van der Waals surface area contributed by atoms with E-state index in [2.05, 4.69) is 0 Å². The molecule has 160 valence electrons. The predicted molar refractivity (Wildman–Crippen MR) is 130 cm³/mol. The van der Waals surface area contributed by atoms with Crippen LogP contribution in [0.1, 0.15) is 11.1 Å². The highest BCUT2D eigenvalue weighted by Crippen LogP contribution is 2.39. The SMILES string of the molecule is Cc1ccc(Sc2ccc(/C=C3/SC(=S)N(c4ccccc4F)C3=O)cc2[N+](=O)[O-])cc1. The first-order valence-electron chi connectivity index (χ1n) is 9.39. The quantitative estimate of drug-likeness (QED) is 0.177. The van der Waals surface area contributed by atoms with Crippen molar-refractivity contribution in [2.24, 2.45) is 0 Å². The number of nitro benzene ring substituents is 1. The molecule has 32 heavy (non-hydrogen) atoms. The molecule has 4 rings (SSSR count). The minimum absolute atomic E-state index is 0.0612. The van der Waals surface area contributed by atoms with Gasteiger partial charge in [-0.25, -0.2) is 4.39 Å². The van der Waals surface area contributed by atoms with E-state index in [-0.39, 0.29) is 20.6 Å². The van der Waals surface area contributed by atoms with Gasteiger partial charge in [0, 0.05) is 11.0 Å². The smallest absolute Gasteiger partial charge is 0.268 e. The van der Waals surface area contributed by atoms with Crippen molar-refractivity contribution >= 4 is 63.4 Å². The highest BCUT2D eigenvalue weighted by atomic mass is 32.2. The van der Waals surface area contributed by atoms with Crippen LogP contribution >= 0.6 is 35.7 Å². The zero-order chi connectivity index (χ0) is 22.8. The third-order valence-electron chi connectivity index (χ3n) is 4.61. The molecule has 0 atom stereocenters. The Kier molecular flexibility index (Phi) is 6.40. The molecule has 0 radical (unpaired) electrons. The molecule has 1 heterocycles. The molecule has 0 bridgehead atoms. The third kappa shape index (κ3) is 4.59. The number of thioether (sulfide) groups is 1. The van der Waals surface area contributed by atoms with Gasteiger partial charge in [-0.2, -0.15) is 0 Å². The second-order valence-corrected chi connectivity index (χ2v) is 9.66. The molecule has 0 unspecified atom stereocenters. The van der Waals surface area contributed by atoms with E-state index in [0.717, 1.165) is 27.1 Å². The molecule has 3 aromatic carbocycles. The minimum atomic E-state index is -0.557. The Hall–Kier alpha value is -3.01. The van der Waals surface area contributed by atoms with Gasteiger partial charge in [-0.15, -0.1) is 0 Å². The van der Waals surface area contributed by atoms with Crippen molar-refractivity contribution in [1.82, 2.24) is 0 Å². The van der Waals surface area contributed by atoms with E-state index in [1.54, 1.807) is 18.2 Å². The number of nitro groups is 1. The standard InChI is InChI=1S/C23H15FN2O3S3/c1-14-6-9-16(10-7-14)31-20-11-8-15(12-19(20)26(28)29)13-21-22(27)25(23(30)32-21)18-5-3-2-4-17(18)24/h2-13H,1H3/b21-13+. The van der Waals surface area contributed by atoms with Gasteiger partial charge in [0.25, 0.3) is 11.6 Å². The first-order valence-corrected chi connectivity index (χ1v) is 11.4. The van der Waals surface area contributed by atoms with E-state index >= 15 is 0 Å². The molecule has 3 aromatic rings. The number of carbonyl (C=O) groups excluding carboxylic acids is 1. The van der Waals surface area contributed by atoms with Crippen molar-refractivity contribution < 1.29 is 14.1 Å². The molecule has 1 aliphatic rings. The van der Waals surface area contributed by atoms with Crippen LogP contribution in [0.5, 0.6) is 0 Å². The van der Waals surface area contributed by atoms with Crippen molar-refractivity contribution in [1.29, 1.82) is 0 Å². The molecule has 5 nitrogen and oxygen atoms in total. The Bertz CT molecular complexity index is 1280. The lowest BCUT2D eigenvalue weighted by Crippen LogP contribution is -2.28. The second kappa shape index (κ2) is 9.23. The number of anilines is 1. The fourth-order valence-electron chi connectivity index (χ4n) is 3.05. The van der Waals surface area contributed by atoms with Crippen LogP contribution < -0.4 is 4.90 Å². The lowest BCUT2D eigenvalue weighted by Gasteiger charge is -2.14. The van der Waals surface area contributed by atoms with Crippen LogP contribution in [0.2, 0.25) is 0 Å². The lowest BCUT2D eigenvalue weighted by molar-refractivity contribution is -0.387. The van der Waals surface area contributed by atoms with Gasteiger partial charge >= 0.3 is 0 Å². The molecule has 0 spiro atoms. The first-order chi connectivity index (χ1) is 15.3. The maximum atomic E-state index is 14.2. The monoisotopic (exact) mass is 482 g/mol. The zero-order valence-corrected chi connectivity index (χ0v) is 19.1. The van der Waals surface area contributed by atoms with Gasteiger partial charge in [0.05, 0.1) is 20.4 Å². The number of hydrogen-bond donors (Lipinski definition) is 0. The summed E-state index contributed by atoms with van der Waals surface area (Å²) in [6.07, 6.45) is 1.54. The van der Waals surface area contributed by atoms with Gasteiger partial charge in [0.15, 0.2) is 4.32 Å². The van der Waals surface area contributed by atoms with Gasteiger partial charge in [0.1, 0.15) is 5.82 Å². The van der Waals surface area contributed by atoms with E-state index in [0.29, 0.717) is 10.5 Å². The van der Waals surface area contributed by atoms with Gasteiger partial charge < -0.3 is 0 Å². The van der Waals surface area contributed by atoms with Crippen molar-refractivity contribution in [3.8, 4) is 0 Å². The summed E-state index contributed by atoms with van der Waals surface area (Å²) in [5, 5.41) is 11.7. The molecule has 0 aliphatic carbocycles. The van der Waals surface area contributed by atoms with Crippen molar-refractivity contribution in [3.05, 3.63) is 98.7 Å². The molecule has 0 N–H and O–H groups in total. The number of thiocarbonyl (C=S) groups is 1. The van der Waals surface area contributed by atoms with Crippen molar-refractivity contribution in [2.45, 2.75) is 16.7 Å². The minimum Gasteiger partial charge on any atom is -0.268 e. The Morgan fingerprint density at radius 3 is 2.53 bits per heavy atom. The number of rotatable bonds is 5. The van der Waals surface area contributed by atoms with Gasteiger partial charge in [-0.05, 0) is 48.9 Å². The summed E-state index contributed by atoms with van der Waals surface area (Å²) >= 11 is 7.60. The summed E-state index contributed by atoms with van der Waals surface area (Å²) in [5.41, 5.74) is 1.61. The van der Waals surface area contributed by atoms with E-state index < -0.39 is 16.6 Å². The Morgan fingerprint density at radius 2 is 1.84 bits per heavy atom. The van der Waals surface area contributed by atoms with Crippen LogP contribution in [0.25, 0.3) is 6.08 Å². The number of nitrogens with zero attached hydrogens (tertiary/aromatic N) is 2. The third-order valence-corrected chi connectivity index (χ3v) is 6.99. The maximum Gasteiger partial charge on any atom is 0.283 e. The van der Waals surface area contributed by atoms with Gasteiger partial charge in [-0.3, -0.25) is 19.8 Å². The highest BCUT2D eigenvalue weighted by molar-refractivity contribution is 8.27. The summed E-state index contributed by atoms with van der Waals surface area (Å²) < 4.78 is 14.4. The topological polar surface area (TPSA) is 63.5 Å². The molecule has 1 aliphatic heterocycles. The Balaban J connectivity index is 1.64. The van der Waals surface area contributed by atoms with E-state index in [9.17, 15) is 19.3 Å². The zero-order valence-electron chi connectivity index (χ0n) is 16.7. The molecular formula is C23H15FN2O3S3. The molecule has 0 saturated carbocycles. The number of hydrogen-bond acceptors (Lipinski definition) is 6. The predicted octanol–water partition coefficient (Wildman–Crippen LogP) is 6.60. The first kappa shape index (κ1) is 22.2. The molecule has 0 aromatic heterocycles. The van der Waals surface area contributed by atoms with E-state index in [1.165, 1.54) is 42.1 Å². The lowest BCUT2D eigenvalue weighted by atomic mass is 10.2. The summed E-state index contributed by atoms with van der Waals surface area (Å²) in [5.74, 6) is -1.02.